The molecule has 0 spiro atoms. The van der Waals surface area contributed by atoms with Crippen LogP contribution in [-0.4, -0.2) is 36.8 Å². The molecule has 0 bridgehead atoms. The van der Waals surface area contributed by atoms with E-state index in [1.165, 1.54) is 5.56 Å². The quantitative estimate of drug-likeness (QED) is 0.883. The van der Waals surface area contributed by atoms with Crippen molar-refractivity contribution in [2.45, 2.75) is 32.9 Å². The van der Waals surface area contributed by atoms with Crippen LogP contribution in [0, 0.1) is 0 Å². The number of aromatic nitrogens is 1. The maximum atomic E-state index is 5.57. The fourth-order valence-corrected chi connectivity index (χ4v) is 2.32. The molecule has 1 fully saturated rings. The summed E-state index contributed by atoms with van der Waals surface area (Å²) >= 11 is 0. The molecule has 0 amide bonds. The summed E-state index contributed by atoms with van der Waals surface area (Å²) in [7, 11) is 0. The molecule has 4 heteroatoms. The van der Waals surface area contributed by atoms with Crippen molar-refractivity contribution in [3.63, 3.8) is 0 Å². The fourth-order valence-electron chi connectivity index (χ4n) is 2.32. The maximum absolute atomic E-state index is 5.57. The van der Waals surface area contributed by atoms with E-state index in [1.807, 2.05) is 12.3 Å². The first-order valence-corrected chi connectivity index (χ1v) is 6.65. The number of nitrogens with one attached hydrogen (secondary N) is 1. The Morgan fingerprint density at radius 3 is 3.06 bits per heavy atom. The zero-order valence-corrected chi connectivity index (χ0v) is 11.6. The lowest BCUT2D eigenvalue weighted by molar-refractivity contribution is 0.0638. The number of nitrogens with zero attached hydrogens (tertiary/aromatic N) is 2. The van der Waals surface area contributed by atoms with Crippen LogP contribution in [-0.2, 0) is 11.3 Å². The number of anilines is 1. The predicted octanol–water partition coefficient (Wildman–Crippen LogP) is 1.81. The van der Waals surface area contributed by atoms with E-state index < -0.39 is 0 Å². The van der Waals surface area contributed by atoms with E-state index in [2.05, 4.69) is 42.0 Å². The Kier molecular flexibility index (Phi) is 4.19. The van der Waals surface area contributed by atoms with Gasteiger partial charge in [-0.1, -0.05) is 13.0 Å². The SMILES string of the molecule is CCNCc1cccnc1N1CCOCC1(C)C. The van der Waals surface area contributed by atoms with Crippen molar-refractivity contribution in [3.8, 4) is 0 Å². The van der Waals surface area contributed by atoms with Crippen molar-refractivity contribution in [2.75, 3.05) is 31.2 Å². The van der Waals surface area contributed by atoms with Gasteiger partial charge in [-0.3, -0.25) is 0 Å². The van der Waals surface area contributed by atoms with Gasteiger partial charge in [-0.2, -0.15) is 0 Å². The van der Waals surface area contributed by atoms with Crippen LogP contribution in [0.5, 0.6) is 0 Å². The summed E-state index contributed by atoms with van der Waals surface area (Å²) in [6.45, 7) is 10.8. The molecule has 1 saturated heterocycles. The monoisotopic (exact) mass is 249 g/mol. The number of hydrogen-bond donors (Lipinski definition) is 1. The molecule has 4 nitrogen and oxygen atoms in total. The van der Waals surface area contributed by atoms with Gasteiger partial charge in [0.1, 0.15) is 5.82 Å². The predicted molar refractivity (Wildman–Crippen MR) is 73.9 cm³/mol. The van der Waals surface area contributed by atoms with Gasteiger partial charge in [-0.15, -0.1) is 0 Å². The molecule has 0 atom stereocenters. The summed E-state index contributed by atoms with van der Waals surface area (Å²) in [4.78, 5) is 6.95. The Morgan fingerprint density at radius 2 is 2.33 bits per heavy atom. The summed E-state index contributed by atoms with van der Waals surface area (Å²) < 4.78 is 5.57. The van der Waals surface area contributed by atoms with Gasteiger partial charge >= 0.3 is 0 Å². The van der Waals surface area contributed by atoms with Crippen LogP contribution in [0.2, 0.25) is 0 Å². The van der Waals surface area contributed by atoms with Gasteiger partial charge in [0.05, 0.1) is 18.8 Å². The summed E-state index contributed by atoms with van der Waals surface area (Å²) in [6, 6.07) is 4.15. The van der Waals surface area contributed by atoms with Crippen molar-refractivity contribution in [1.29, 1.82) is 0 Å². The molecule has 1 aliphatic rings. The highest BCUT2D eigenvalue weighted by molar-refractivity contribution is 5.49. The number of hydrogen-bond acceptors (Lipinski definition) is 4. The van der Waals surface area contributed by atoms with Gasteiger partial charge in [-0.05, 0) is 26.5 Å². The van der Waals surface area contributed by atoms with Crippen LogP contribution >= 0.6 is 0 Å². The van der Waals surface area contributed by atoms with E-state index in [9.17, 15) is 0 Å². The Bertz CT molecular complexity index is 392. The van der Waals surface area contributed by atoms with Crippen molar-refractivity contribution in [3.05, 3.63) is 23.9 Å². The van der Waals surface area contributed by atoms with Crippen LogP contribution in [0.1, 0.15) is 26.3 Å². The van der Waals surface area contributed by atoms with Crippen LogP contribution in [0.3, 0.4) is 0 Å². The molecule has 0 aliphatic carbocycles. The first kappa shape index (κ1) is 13.3. The zero-order valence-electron chi connectivity index (χ0n) is 11.6. The van der Waals surface area contributed by atoms with Crippen molar-refractivity contribution in [2.24, 2.45) is 0 Å². The van der Waals surface area contributed by atoms with E-state index in [0.717, 1.165) is 38.7 Å². The molecule has 0 radical (unpaired) electrons. The molecule has 1 aromatic heterocycles. The van der Waals surface area contributed by atoms with E-state index in [0.29, 0.717) is 0 Å². The fraction of sp³-hybridized carbons (Fsp3) is 0.643. The smallest absolute Gasteiger partial charge is 0.133 e. The van der Waals surface area contributed by atoms with Gasteiger partial charge in [0.25, 0.3) is 0 Å². The summed E-state index contributed by atoms with van der Waals surface area (Å²) in [6.07, 6.45) is 1.87. The second-order valence-corrected chi connectivity index (χ2v) is 5.28. The van der Waals surface area contributed by atoms with Crippen LogP contribution < -0.4 is 10.2 Å². The lowest BCUT2D eigenvalue weighted by Gasteiger charge is -2.43. The van der Waals surface area contributed by atoms with Crippen LogP contribution in [0.15, 0.2) is 18.3 Å². The number of rotatable bonds is 4. The van der Waals surface area contributed by atoms with E-state index in [1.54, 1.807) is 0 Å². The Morgan fingerprint density at radius 1 is 1.50 bits per heavy atom. The van der Waals surface area contributed by atoms with Crippen molar-refractivity contribution in [1.82, 2.24) is 10.3 Å². The van der Waals surface area contributed by atoms with Gasteiger partial charge in [-0.25, -0.2) is 4.98 Å². The summed E-state index contributed by atoms with van der Waals surface area (Å²) in [5.41, 5.74) is 1.27. The molecular weight excluding hydrogens is 226 g/mol. The van der Waals surface area contributed by atoms with Gasteiger partial charge in [0.2, 0.25) is 0 Å². The third kappa shape index (κ3) is 2.82. The van der Waals surface area contributed by atoms with Gasteiger partial charge < -0.3 is 15.0 Å². The Hall–Kier alpha value is -1.13. The minimum atomic E-state index is 0.00751. The molecule has 2 heterocycles. The third-order valence-electron chi connectivity index (χ3n) is 3.33. The molecule has 100 valence electrons. The first-order chi connectivity index (χ1) is 8.65. The Labute approximate surface area is 109 Å². The molecule has 0 saturated carbocycles. The van der Waals surface area contributed by atoms with Gasteiger partial charge in [0.15, 0.2) is 0 Å². The standard InChI is InChI=1S/C14H23N3O/c1-4-15-10-12-6-5-7-16-13(12)17-8-9-18-11-14(17,2)3/h5-7,15H,4,8-11H2,1-3H3. The van der Waals surface area contributed by atoms with Crippen LogP contribution in [0.25, 0.3) is 0 Å². The van der Waals surface area contributed by atoms with E-state index in [4.69, 9.17) is 4.74 Å². The second kappa shape index (κ2) is 5.67. The molecule has 0 unspecified atom stereocenters. The van der Waals surface area contributed by atoms with Crippen molar-refractivity contribution >= 4 is 5.82 Å². The largest absolute Gasteiger partial charge is 0.377 e. The molecule has 18 heavy (non-hydrogen) atoms. The zero-order chi connectivity index (χ0) is 13.0. The van der Waals surface area contributed by atoms with Crippen molar-refractivity contribution < 1.29 is 4.74 Å². The lowest BCUT2D eigenvalue weighted by Crippen LogP contribution is -2.54. The lowest BCUT2D eigenvalue weighted by atomic mass is 10.0. The molecule has 1 N–H and O–H groups in total. The van der Waals surface area contributed by atoms with E-state index >= 15 is 0 Å². The molecule has 2 rings (SSSR count). The van der Waals surface area contributed by atoms with Crippen LogP contribution in [0.4, 0.5) is 5.82 Å². The highest BCUT2D eigenvalue weighted by Gasteiger charge is 2.32. The Balaban J connectivity index is 2.25. The first-order valence-electron chi connectivity index (χ1n) is 6.65. The second-order valence-electron chi connectivity index (χ2n) is 5.28. The number of ether oxygens (including phenoxy) is 1. The maximum Gasteiger partial charge on any atom is 0.133 e. The third-order valence-corrected chi connectivity index (χ3v) is 3.33. The normalized spacial score (nSPS) is 18.9. The number of pyridine rings is 1. The topological polar surface area (TPSA) is 37.4 Å². The minimum absolute atomic E-state index is 0.00751. The molecule has 1 aromatic rings. The highest BCUT2D eigenvalue weighted by Crippen LogP contribution is 2.27. The average Bonchev–Trinajstić information content (AvgIpc) is 2.36. The molecule has 0 aromatic carbocycles. The average molecular weight is 249 g/mol. The van der Waals surface area contributed by atoms with Gasteiger partial charge in [0, 0.05) is 24.8 Å². The highest BCUT2D eigenvalue weighted by atomic mass is 16.5. The molecule has 1 aliphatic heterocycles. The van der Waals surface area contributed by atoms with E-state index in [-0.39, 0.29) is 5.54 Å². The summed E-state index contributed by atoms with van der Waals surface area (Å²) in [5.74, 6) is 1.09. The molecular formula is C14H23N3O. The summed E-state index contributed by atoms with van der Waals surface area (Å²) in [5, 5.41) is 3.37. The minimum Gasteiger partial charge on any atom is -0.377 e. The number of morpholine rings is 1.